The Morgan fingerprint density at radius 3 is 2.54 bits per heavy atom. The topological polar surface area (TPSA) is 83.0 Å². The molecule has 0 fully saturated rings. The zero-order valence-corrected chi connectivity index (χ0v) is 16.6. The first kappa shape index (κ1) is 20.0. The molecule has 0 saturated carbocycles. The van der Waals surface area contributed by atoms with Crippen LogP contribution in [-0.4, -0.2) is 39.8 Å². The van der Waals surface area contributed by atoms with Crippen LogP contribution in [0.2, 0.25) is 0 Å². The van der Waals surface area contributed by atoms with Gasteiger partial charge in [-0.2, -0.15) is 5.26 Å². The van der Waals surface area contributed by atoms with Crippen molar-refractivity contribution in [3.8, 4) is 17.5 Å². The molecule has 1 aromatic carbocycles. The van der Waals surface area contributed by atoms with Gasteiger partial charge in [-0.25, -0.2) is 0 Å². The van der Waals surface area contributed by atoms with Gasteiger partial charge in [0.2, 0.25) is 11.8 Å². The number of amides is 1. The monoisotopic (exact) mass is 372 g/mol. The number of nitriles is 1. The van der Waals surface area contributed by atoms with E-state index in [4.69, 9.17) is 9.68 Å². The molecule has 1 atom stereocenters. The zero-order valence-electron chi connectivity index (χ0n) is 15.8. The molecule has 6 nitrogen and oxygen atoms in total. The molecule has 0 aliphatic heterocycles. The Balaban J connectivity index is 2.03. The van der Waals surface area contributed by atoms with Crippen molar-refractivity contribution in [1.29, 1.82) is 5.26 Å². The van der Waals surface area contributed by atoms with E-state index in [1.165, 1.54) is 17.3 Å². The van der Waals surface area contributed by atoms with Gasteiger partial charge in [0.1, 0.15) is 0 Å². The SMILES string of the molecule is C[C@H](Sc1nnc(-c2ccc(C(C)(C)C)cc2)o1)C(=O)N(C)CCC#N. The number of carbonyl (C=O) groups excluding carboxylic acids is 1. The van der Waals surface area contributed by atoms with Gasteiger partial charge in [-0.05, 0) is 30.0 Å². The van der Waals surface area contributed by atoms with E-state index in [9.17, 15) is 4.79 Å². The van der Waals surface area contributed by atoms with E-state index in [-0.39, 0.29) is 16.6 Å². The predicted molar refractivity (Wildman–Crippen MR) is 102 cm³/mol. The summed E-state index contributed by atoms with van der Waals surface area (Å²) in [6.07, 6.45) is 0.314. The Morgan fingerprint density at radius 2 is 1.96 bits per heavy atom. The van der Waals surface area contributed by atoms with Crippen LogP contribution in [0.15, 0.2) is 33.9 Å². The molecule has 26 heavy (non-hydrogen) atoms. The van der Waals surface area contributed by atoms with Crippen LogP contribution in [0.1, 0.15) is 39.7 Å². The van der Waals surface area contributed by atoms with E-state index in [1.807, 2.05) is 18.2 Å². The van der Waals surface area contributed by atoms with Crippen molar-refractivity contribution >= 4 is 17.7 Å². The fourth-order valence-corrected chi connectivity index (χ4v) is 3.12. The van der Waals surface area contributed by atoms with Crippen molar-refractivity contribution in [2.45, 2.75) is 50.0 Å². The molecule has 0 unspecified atom stereocenters. The maximum atomic E-state index is 12.3. The van der Waals surface area contributed by atoms with Crippen LogP contribution in [0.5, 0.6) is 0 Å². The Morgan fingerprint density at radius 1 is 1.31 bits per heavy atom. The molecule has 2 rings (SSSR count). The third kappa shape index (κ3) is 5.09. The molecule has 2 aromatic rings. The zero-order chi connectivity index (χ0) is 19.3. The minimum Gasteiger partial charge on any atom is -0.411 e. The molecule has 0 bridgehead atoms. The van der Waals surface area contributed by atoms with E-state index >= 15 is 0 Å². The highest BCUT2D eigenvalue weighted by Gasteiger charge is 2.22. The minimum absolute atomic E-state index is 0.0699. The predicted octanol–water partition coefficient (Wildman–Crippen LogP) is 3.89. The molecule has 0 N–H and O–H groups in total. The first-order valence-electron chi connectivity index (χ1n) is 8.45. The first-order valence-corrected chi connectivity index (χ1v) is 9.33. The standard InChI is InChI=1S/C19H24N4O2S/c1-13(17(24)23(5)12-6-11-20)26-18-22-21-16(25-18)14-7-9-15(10-8-14)19(2,3)4/h7-10,13H,6,12H2,1-5H3/t13-/m0/s1. The molecule has 1 heterocycles. The number of thioether (sulfide) groups is 1. The molecule has 7 heteroatoms. The number of aromatic nitrogens is 2. The van der Waals surface area contributed by atoms with Gasteiger partial charge in [0, 0.05) is 19.2 Å². The van der Waals surface area contributed by atoms with Crippen molar-refractivity contribution in [2.75, 3.05) is 13.6 Å². The maximum Gasteiger partial charge on any atom is 0.277 e. The van der Waals surface area contributed by atoms with Gasteiger partial charge in [-0.15, -0.1) is 10.2 Å². The van der Waals surface area contributed by atoms with Crippen LogP contribution in [0.3, 0.4) is 0 Å². The third-order valence-electron chi connectivity index (χ3n) is 3.96. The van der Waals surface area contributed by atoms with Gasteiger partial charge >= 0.3 is 0 Å². The summed E-state index contributed by atoms with van der Waals surface area (Å²) < 4.78 is 5.69. The van der Waals surface area contributed by atoms with Gasteiger partial charge in [0.25, 0.3) is 5.22 Å². The van der Waals surface area contributed by atoms with Crippen LogP contribution in [0.25, 0.3) is 11.5 Å². The van der Waals surface area contributed by atoms with Gasteiger partial charge in [0.15, 0.2) is 0 Å². The summed E-state index contributed by atoms with van der Waals surface area (Å²) in [5.74, 6) is 0.366. The smallest absolute Gasteiger partial charge is 0.277 e. The molecule has 0 radical (unpaired) electrons. The second kappa shape index (κ2) is 8.37. The van der Waals surface area contributed by atoms with E-state index in [0.29, 0.717) is 24.1 Å². The summed E-state index contributed by atoms with van der Waals surface area (Å²) in [5.41, 5.74) is 2.17. The molecule has 1 aromatic heterocycles. The van der Waals surface area contributed by atoms with Crippen molar-refractivity contribution in [2.24, 2.45) is 0 Å². The highest BCUT2D eigenvalue weighted by atomic mass is 32.2. The molecule has 1 amide bonds. The normalized spacial score (nSPS) is 12.5. The lowest BCUT2D eigenvalue weighted by molar-refractivity contribution is -0.128. The molecule has 0 aliphatic carbocycles. The van der Waals surface area contributed by atoms with Crippen molar-refractivity contribution < 1.29 is 9.21 Å². The lowest BCUT2D eigenvalue weighted by Gasteiger charge is -2.19. The van der Waals surface area contributed by atoms with Crippen molar-refractivity contribution in [3.05, 3.63) is 29.8 Å². The summed E-state index contributed by atoms with van der Waals surface area (Å²) in [4.78, 5) is 13.8. The third-order valence-corrected chi connectivity index (χ3v) is 4.89. The van der Waals surface area contributed by atoms with Gasteiger partial charge in [-0.1, -0.05) is 44.7 Å². The highest BCUT2D eigenvalue weighted by Crippen LogP contribution is 2.29. The number of nitrogens with zero attached hydrogens (tertiary/aromatic N) is 4. The largest absolute Gasteiger partial charge is 0.411 e. The Kier molecular flexibility index (Phi) is 6.43. The quantitative estimate of drug-likeness (QED) is 0.716. The molecular formula is C19H24N4O2S. The molecular weight excluding hydrogens is 348 g/mol. The number of carbonyl (C=O) groups is 1. The average molecular weight is 372 g/mol. The van der Waals surface area contributed by atoms with E-state index in [1.54, 1.807) is 18.9 Å². The summed E-state index contributed by atoms with van der Waals surface area (Å²) in [6.45, 7) is 8.69. The average Bonchev–Trinajstić information content (AvgIpc) is 3.06. The Labute approximate surface area is 158 Å². The fourth-order valence-electron chi connectivity index (χ4n) is 2.33. The Hall–Kier alpha value is -2.33. The molecule has 0 saturated heterocycles. The molecule has 0 spiro atoms. The second-order valence-electron chi connectivity index (χ2n) is 7.13. The van der Waals surface area contributed by atoms with E-state index < -0.39 is 0 Å². The summed E-state index contributed by atoms with van der Waals surface area (Å²) >= 11 is 1.22. The van der Waals surface area contributed by atoms with Crippen LogP contribution >= 0.6 is 11.8 Å². The minimum atomic E-state index is -0.366. The van der Waals surface area contributed by atoms with E-state index in [2.05, 4.69) is 43.1 Å². The number of hydrogen-bond acceptors (Lipinski definition) is 6. The summed E-state index contributed by atoms with van der Waals surface area (Å²) in [5, 5.41) is 16.7. The second-order valence-corrected chi connectivity index (χ2v) is 8.42. The number of hydrogen-bond donors (Lipinski definition) is 0. The lowest BCUT2D eigenvalue weighted by atomic mass is 9.87. The number of benzene rings is 1. The van der Waals surface area contributed by atoms with Crippen LogP contribution < -0.4 is 0 Å². The Bertz CT molecular complexity index is 787. The molecule has 138 valence electrons. The fraction of sp³-hybridized carbons (Fsp3) is 0.474. The first-order chi connectivity index (χ1) is 12.2. The summed E-state index contributed by atoms with van der Waals surface area (Å²) in [6, 6.07) is 10.1. The van der Waals surface area contributed by atoms with Gasteiger partial charge in [-0.3, -0.25) is 4.79 Å². The van der Waals surface area contributed by atoms with Crippen LogP contribution in [0, 0.1) is 11.3 Å². The van der Waals surface area contributed by atoms with Gasteiger partial charge < -0.3 is 9.32 Å². The van der Waals surface area contributed by atoms with E-state index in [0.717, 1.165) is 5.56 Å². The lowest BCUT2D eigenvalue weighted by Crippen LogP contribution is -2.33. The van der Waals surface area contributed by atoms with Crippen molar-refractivity contribution in [1.82, 2.24) is 15.1 Å². The van der Waals surface area contributed by atoms with Gasteiger partial charge in [0.05, 0.1) is 17.7 Å². The highest BCUT2D eigenvalue weighted by molar-refractivity contribution is 8.00. The molecule has 0 aliphatic rings. The van der Waals surface area contributed by atoms with Crippen LogP contribution in [0.4, 0.5) is 0 Å². The summed E-state index contributed by atoms with van der Waals surface area (Å²) in [7, 11) is 1.69. The maximum absolute atomic E-state index is 12.3. The van der Waals surface area contributed by atoms with Crippen LogP contribution in [-0.2, 0) is 10.2 Å². The van der Waals surface area contributed by atoms with Crippen molar-refractivity contribution in [3.63, 3.8) is 0 Å². The number of rotatable bonds is 6.